The van der Waals surface area contributed by atoms with Gasteiger partial charge < -0.3 is 14.8 Å². The molecular formula is C16H15NO4. The summed E-state index contributed by atoms with van der Waals surface area (Å²) in [4.78, 5) is 23.5. The van der Waals surface area contributed by atoms with Crippen LogP contribution < -0.4 is 5.32 Å². The fourth-order valence-electron chi connectivity index (χ4n) is 1.88. The molecule has 2 aromatic carbocycles. The summed E-state index contributed by atoms with van der Waals surface area (Å²) < 4.78 is 9.36. The molecule has 0 saturated carbocycles. The lowest BCUT2D eigenvalue weighted by atomic mass is 10.1. The molecule has 0 fully saturated rings. The van der Waals surface area contributed by atoms with Gasteiger partial charge in [0.1, 0.15) is 0 Å². The van der Waals surface area contributed by atoms with Crippen LogP contribution >= 0.6 is 0 Å². The highest BCUT2D eigenvalue weighted by molar-refractivity contribution is 6.04. The number of esters is 2. The average Bonchev–Trinajstić information content (AvgIpc) is 2.54. The number of carbonyl (C=O) groups is 2. The molecule has 0 aromatic heterocycles. The van der Waals surface area contributed by atoms with Crippen LogP contribution in [-0.2, 0) is 9.47 Å². The molecule has 21 heavy (non-hydrogen) atoms. The highest BCUT2D eigenvalue weighted by Gasteiger charge is 2.18. The van der Waals surface area contributed by atoms with Crippen molar-refractivity contribution in [3.8, 4) is 0 Å². The normalized spacial score (nSPS) is 9.81. The van der Waals surface area contributed by atoms with Crippen LogP contribution in [0.2, 0.25) is 0 Å². The molecule has 0 aliphatic carbocycles. The van der Waals surface area contributed by atoms with Crippen LogP contribution in [0.1, 0.15) is 20.7 Å². The van der Waals surface area contributed by atoms with Crippen LogP contribution in [-0.4, -0.2) is 26.2 Å². The quantitative estimate of drug-likeness (QED) is 0.875. The molecule has 0 unspecified atom stereocenters. The van der Waals surface area contributed by atoms with Crippen molar-refractivity contribution in [1.29, 1.82) is 0 Å². The number of anilines is 2. The number of hydrogen-bond donors (Lipinski definition) is 1. The van der Waals surface area contributed by atoms with Crippen LogP contribution in [0.5, 0.6) is 0 Å². The minimum Gasteiger partial charge on any atom is -0.465 e. The van der Waals surface area contributed by atoms with E-state index in [0.29, 0.717) is 5.69 Å². The van der Waals surface area contributed by atoms with E-state index in [0.717, 1.165) is 5.69 Å². The Morgan fingerprint density at radius 3 is 2.05 bits per heavy atom. The highest BCUT2D eigenvalue weighted by atomic mass is 16.5. The Bertz CT molecular complexity index is 653. The van der Waals surface area contributed by atoms with E-state index in [1.165, 1.54) is 20.3 Å². The van der Waals surface area contributed by atoms with E-state index in [1.54, 1.807) is 12.1 Å². The lowest BCUT2D eigenvalue weighted by molar-refractivity contribution is 0.0555. The van der Waals surface area contributed by atoms with Crippen molar-refractivity contribution in [2.45, 2.75) is 0 Å². The first-order chi connectivity index (χ1) is 10.2. The topological polar surface area (TPSA) is 64.6 Å². The summed E-state index contributed by atoms with van der Waals surface area (Å²) in [6.45, 7) is 0. The lowest BCUT2D eigenvalue weighted by Gasteiger charge is -2.10. The first kappa shape index (κ1) is 14.6. The molecule has 5 nitrogen and oxygen atoms in total. The maximum atomic E-state index is 11.8. The number of ether oxygens (including phenoxy) is 2. The van der Waals surface area contributed by atoms with Gasteiger partial charge in [0, 0.05) is 11.4 Å². The van der Waals surface area contributed by atoms with E-state index in [2.05, 4.69) is 10.1 Å². The third-order valence-corrected chi connectivity index (χ3v) is 2.89. The van der Waals surface area contributed by atoms with E-state index in [4.69, 9.17) is 4.74 Å². The Morgan fingerprint density at radius 2 is 1.43 bits per heavy atom. The van der Waals surface area contributed by atoms with Crippen LogP contribution in [0.15, 0.2) is 48.5 Å². The Morgan fingerprint density at radius 1 is 0.810 bits per heavy atom. The molecule has 2 rings (SSSR count). The van der Waals surface area contributed by atoms with Gasteiger partial charge in [0.05, 0.1) is 25.3 Å². The second kappa shape index (κ2) is 6.56. The maximum Gasteiger partial charge on any atom is 0.338 e. The summed E-state index contributed by atoms with van der Waals surface area (Å²) in [5, 5.41) is 3.15. The van der Waals surface area contributed by atoms with Gasteiger partial charge in [0.2, 0.25) is 0 Å². The summed E-state index contributed by atoms with van der Waals surface area (Å²) in [7, 11) is 2.53. The van der Waals surface area contributed by atoms with Gasteiger partial charge in [-0.1, -0.05) is 18.2 Å². The minimum absolute atomic E-state index is 0.158. The smallest absolute Gasteiger partial charge is 0.338 e. The summed E-state index contributed by atoms with van der Waals surface area (Å²) in [5.41, 5.74) is 1.88. The fraction of sp³-hybridized carbons (Fsp3) is 0.125. The summed E-state index contributed by atoms with van der Waals surface area (Å²) >= 11 is 0. The minimum atomic E-state index is -0.591. The number of carbonyl (C=O) groups excluding carboxylic acids is 2. The lowest BCUT2D eigenvalue weighted by Crippen LogP contribution is -2.12. The molecule has 0 atom stereocenters. The van der Waals surface area contributed by atoms with E-state index in [9.17, 15) is 9.59 Å². The van der Waals surface area contributed by atoms with E-state index >= 15 is 0 Å². The van der Waals surface area contributed by atoms with Gasteiger partial charge >= 0.3 is 11.9 Å². The zero-order valence-corrected chi connectivity index (χ0v) is 11.8. The van der Waals surface area contributed by atoms with Crippen molar-refractivity contribution in [2.75, 3.05) is 19.5 Å². The van der Waals surface area contributed by atoms with E-state index in [1.807, 2.05) is 30.3 Å². The summed E-state index contributed by atoms with van der Waals surface area (Å²) in [5.74, 6) is -1.17. The van der Waals surface area contributed by atoms with Crippen LogP contribution in [0.25, 0.3) is 0 Å². The second-order valence-electron chi connectivity index (χ2n) is 4.23. The predicted molar refractivity (Wildman–Crippen MR) is 78.8 cm³/mol. The van der Waals surface area contributed by atoms with Gasteiger partial charge in [-0.2, -0.15) is 0 Å². The molecule has 108 valence electrons. The van der Waals surface area contributed by atoms with Crippen LogP contribution in [0.4, 0.5) is 11.4 Å². The largest absolute Gasteiger partial charge is 0.465 e. The van der Waals surface area contributed by atoms with Crippen LogP contribution in [0, 0.1) is 0 Å². The van der Waals surface area contributed by atoms with Crippen molar-refractivity contribution in [2.24, 2.45) is 0 Å². The first-order valence-corrected chi connectivity index (χ1v) is 6.28. The maximum absolute atomic E-state index is 11.8. The van der Waals surface area contributed by atoms with Crippen molar-refractivity contribution < 1.29 is 19.1 Å². The molecule has 5 heteroatoms. The molecular weight excluding hydrogens is 270 g/mol. The molecule has 0 spiro atoms. The third-order valence-electron chi connectivity index (χ3n) is 2.89. The SMILES string of the molecule is COC(=O)c1ccc(Nc2ccccc2)cc1C(=O)OC. The third kappa shape index (κ3) is 3.39. The molecule has 0 aliphatic heterocycles. The number of rotatable bonds is 4. The number of methoxy groups -OCH3 is 2. The van der Waals surface area contributed by atoms with Crippen molar-refractivity contribution >= 4 is 23.3 Å². The zero-order valence-electron chi connectivity index (χ0n) is 11.8. The van der Waals surface area contributed by atoms with Gasteiger partial charge in [-0.25, -0.2) is 9.59 Å². The molecule has 0 heterocycles. The Labute approximate surface area is 122 Å². The summed E-state index contributed by atoms with van der Waals surface area (Å²) in [6, 6.07) is 14.3. The monoisotopic (exact) mass is 285 g/mol. The zero-order chi connectivity index (χ0) is 15.2. The number of nitrogens with one attached hydrogen (secondary N) is 1. The molecule has 1 N–H and O–H groups in total. The molecule has 0 amide bonds. The highest BCUT2D eigenvalue weighted by Crippen LogP contribution is 2.21. The van der Waals surface area contributed by atoms with Gasteiger partial charge in [0.15, 0.2) is 0 Å². The van der Waals surface area contributed by atoms with Gasteiger partial charge in [-0.05, 0) is 30.3 Å². The van der Waals surface area contributed by atoms with Crippen molar-refractivity contribution in [1.82, 2.24) is 0 Å². The Kier molecular flexibility index (Phi) is 4.56. The second-order valence-corrected chi connectivity index (χ2v) is 4.23. The van der Waals surface area contributed by atoms with Crippen molar-refractivity contribution in [3.05, 3.63) is 59.7 Å². The molecule has 0 radical (unpaired) electrons. The first-order valence-electron chi connectivity index (χ1n) is 6.28. The number of hydrogen-bond acceptors (Lipinski definition) is 5. The van der Waals surface area contributed by atoms with Gasteiger partial charge in [0.25, 0.3) is 0 Å². The standard InChI is InChI=1S/C16H15NO4/c1-20-15(18)13-9-8-12(10-14(13)16(19)21-2)17-11-6-4-3-5-7-11/h3-10,17H,1-2H3. The van der Waals surface area contributed by atoms with E-state index in [-0.39, 0.29) is 11.1 Å². The molecule has 2 aromatic rings. The fourth-order valence-corrected chi connectivity index (χ4v) is 1.88. The van der Waals surface area contributed by atoms with Crippen molar-refractivity contribution in [3.63, 3.8) is 0 Å². The van der Waals surface area contributed by atoms with Gasteiger partial charge in [-0.15, -0.1) is 0 Å². The molecule has 0 aliphatic rings. The Hall–Kier alpha value is -2.82. The van der Waals surface area contributed by atoms with E-state index < -0.39 is 11.9 Å². The predicted octanol–water partition coefficient (Wildman–Crippen LogP) is 3.00. The van der Waals surface area contributed by atoms with Gasteiger partial charge in [-0.3, -0.25) is 0 Å². The Balaban J connectivity index is 2.37. The number of benzene rings is 2. The average molecular weight is 285 g/mol. The summed E-state index contributed by atoms with van der Waals surface area (Å²) in [6.07, 6.45) is 0. The number of para-hydroxylation sites is 1. The van der Waals surface area contributed by atoms with Crippen LogP contribution in [0.3, 0.4) is 0 Å². The molecule has 0 bridgehead atoms. The molecule has 0 saturated heterocycles.